The monoisotopic (exact) mass is 279 g/mol. The van der Waals surface area contributed by atoms with Gasteiger partial charge >= 0.3 is 0 Å². The van der Waals surface area contributed by atoms with Gasteiger partial charge in [-0.1, -0.05) is 0 Å². The highest BCUT2D eigenvalue weighted by Gasteiger charge is 2.23. The molecule has 1 aromatic rings. The molecule has 1 unspecified atom stereocenters. The van der Waals surface area contributed by atoms with Crippen LogP contribution >= 0.6 is 0 Å². The summed E-state index contributed by atoms with van der Waals surface area (Å²) in [6.07, 6.45) is 3.02. The quantitative estimate of drug-likeness (QED) is 0.774. The van der Waals surface area contributed by atoms with Gasteiger partial charge in [0, 0.05) is 38.3 Å². The van der Waals surface area contributed by atoms with Crippen molar-refractivity contribution in [1.29, 1.82) is 0 Å². The zero-order valence-corrected chi connectivity index (χ0v) is 12.6. The molecule has 0 amide bonds. The maximum absolute atomic E-state index is 5.45. The first-order chi connectivity index (χ1) is 9.69. The van der Waals surface area contributed by atoms with E-state index in [-0.39, 0.29) is 0 Å². The van der Waals surface area contributed by atoms with E-state index in [1.807, 2.05) is 18.3 Å². The standard InChI is InChI=1S/C15H25N3O2/c1-12(2)18-7-6-14(11-18)17-13-4-5-15(16-10-13)20-9-8-19-3/h4-5,10,12,14,17H,6-9,11H2,1-3H3. The third kappa shape index (κ3) is 4.35. The molecule has 1 N–H and O–H groups in total. The molecule has 2 rings (SSSR count). The molecule has 0 radical (unpaired) electrons. The van der Waals surface area contributed by atoms with Crippen molar-refractivity contribution < 1.29 is 9.47 Å². The number of aromatic nitrogens is 1. The van der Waals surface area contributed by atoms with Crippen LogP contribution in [0, 0.1) is 0 Å². The number of anilines is 1. The van der Waals surface area contributed by atoms with Crippen molar-refractivity contribution in [1.82, 2.24) is 9.88 Å². The molecule has 112 valence electrons. The van der Waals surface area contributed by atoms with Gasteiger partial charge in [0.15, 0.2) is 0 Å². The number of likely N-dealkylation sites (tertiary alicyclic amines) is 1. The summed E-state index contributed by atoms with van der Waals surface area (Å²) in [6, 6.07) is 5.05. The van der Waals surface area contributed by atoms with Crippen LogP contribution < -0.4 is 10.1 Å². The Labute approximate surface area is 121 Å². The highest BCUT2D eigenvalue weighted by molar-refractivity contribution is 5.43. The van der Waals surface area contributed by atoms with Crippen LogP contribution in [0.1, 0.15) is 20.3 Å². The molecule has 5 heteroatoms. The van der Waals surface area contributed by atoms with E-state index in [1.165, 1.54) is 13.0 Å². The molecule has 0 aliphatic carbocycles. The number of rotatable bonds is 7. The third-order valence-electron chi connectivity index (χ3n) is 3.59. The largest absolute Gasteiger partial charge is 0.475 e. The molecule has 1 fully saturated rings. The zero-order valence-electron chi connectivity index (χ0n) is 12.6. The van der Waals surface area contributed by atoms with Gasteiger partial charge in [-0.25, -0.2) is 4.98 Å². The van der Waals surface area contributed by atoms with E-state index >= 15 is 0 Å². The van der Waals surface area contributed by atoms with Crippen molar-refractivity contribution in [3.05, 3.63) is 18.3 Å². The van der Waals surface area contributed by atoms with Gasteiger partial charge in [-0.3, -0.25) is 4.90 Å². The molecule has 0 saturated carbocycles. The van der Waals surface area contributed by atoms with E-state index in [2.05, 4.69) is 29.0 Å². The second kappa shape index (κ2) is 7.45. The molecule has 1 aromatic heterocycles. The first kappa shape index (κ1) is 15.1. The Kier molecular flexibility index (Phi) is 5.61. The van der Waals surface area contributed by atoms with Gasteiger partial charge in [0.1, 0.15) is 6.61 Å². The number of nitrogens with one attached hydrogen (secondary N) is 1. The lowest BCUT2D eigenvalue weighted by molar-refractivity contribution is 0.144. The van der Waals surface area contributed by atoms with Gasteiger partial charge in [-0.2, -0.15) is 0 Å². The summed E-state index contributed by atoms with van der Waals surface area (Å²) >= 11 is 0. The minimum Gasteiger partial charge on any atom is -0.475 e. The van der Waals surface area contributed by atoms with E-state index in [9.17, 15) is 0 Å². The fourth-order valence-electron chi connectivity index (χ4n) is 2.39. The first-order valence-electron chi connectivity index (χ1n) is 7.27. The summed E-state index contributed by atoms with van der Waals surface area (Å²) in [5.41, 5.74) is 1.06. The lowest BCUT2D eigenvalue weighted by Gasteiger charge is -2.20. The number of pyridine rings is 1. The Balaban J connectivity index is 1.79. The van der Waals surface area contributed by atoms with Crippen LogP contribution in [0.2, 0.25) is 0 Å². The Morgan fingerprint density at radius 2 is 2.25 bits per heavy atom. The SMILES string of the molecule is COCCOc1ccc(NC2CCN(C(C)C)C2)cn1. The summed E-state index contributed by atoms with van der Waals surface area (Å²) in [6.45, 7) is 7.87. The predicted octanol–water partition coefficient (Wildman–Crippen LogP) is 2.00. The van der Waals surface area contributed by atoms with Crippen LogP contribution in [0.25, 0.3) is 0 Å². The first-order valence-corrected chi connectivity index (χ1v) is 7.27. The lowest BCUT2D eigenvalue weighted by Crippen LogP contribution is -2.31. The molecule has 0 bridgehead atoms. The minimum atomic E-state index is 0.513. The van der Waals surface area contributed by atoms with Crippen LogP contribution in [-0.2, 0) is 4.74 Å². The van der Waals surface area contributed by atoms with E-state index in [0.29, 0.717) is 31.2 Å². The van der Waals surface area contributed by atoms with Crippen molar-refractivity contribution in [3.8, 4) is 5.88 Å². The van der Waals surface area contributed by atoms with Crippen LogP contribution in [-0.4, -0.2) is 55.4 Å². The number of nitrogens with zero attached hydrogens (tertiary/aromatic N) is 2. The van der Waals surface area contributed by atoms with Crippen LogP contribution in [0.5, 0.6) is 5.88 Å². The lowest BCUT2D eigenvalue weighted by atomic mass is 10.2. The van der Waals surface area contributed by atoms with Crippen molar-refractivity contribution in [3.63, 3.8) is 0 Å². The summed E-state index contributed by atoms with van der Waals surface area (Å²) in [5, 5.41) is 3.54. The molecule has 0 aromatic carbocycles. The molecule has 1 aliphatic rings. The Bertz CT molecular complexity index is 395. The molecule has 20 heavy (non-hydrogen) atoms. The van der Waals surface area contributed by atoms with Crippen LogP contribution in [0.15, 0.2) is 18.3 Å². The number of methoxy groups -OCH3 is 1. The average molecular weight is 279 g/mol. The van der Waals surface area contributed by atoms with E-state index in [0.717, 1.165) is 12.2 Å². The van der Waals surface area contributed by atoms with Crippen LogP contribution in [0.3, 0.4) is 0 Å². The highest BCUT2D eigenvalue weighted by Crippen LogP contribution is 2.18. The Hall–Kier alpha value is -1.33. The second-order valence-corrected chi connectivity index (χ2v) is 5.44. The fraction of sp³-hybridized carbons (Fsp3) is 0.667. The average Bonchev–Trinajstić information content (AvgIpc) is 2.90. The maximum Gasteiger partial charge on any atom is 0.213 e. The van der Waals surface area contributed by atoms with Gasteiger partial charge in [0.2, 0.25) is 5.88 Å². The molecule has 1 aliphatic heterocycles. The fourth-order valence-corrected chi connectivity index (χ4v) is 2.39. The summed E-state index contributed by atoms with van der Waals surface area (Å²) in [5.74, 6) is 0.642. The van der Waals surface area contributed by atoms with Gasteiger partial charge in [0.05, 0.1) is 18.5 Å². The molecule has 5 nitrogen and oxygen atoms in total. The van der Waals surface area contributed by atoms with E-state index < -0.39 is 0 Å². The van der Waals surface area contributed by atoms with E-state index in [4.69, 9.17) is 9.47 Å². The van der Waals surface area contributed by atoms with Gasteiger partial charge in [-0.15, -0.1) is 0 Å². The maximum atomic E-state index is 5.45. The molecular formula is C15H25N3O2. The smallest absolute Gasteiger partial charge is 0.213 e. The molecular weight excluding hydrogens is 254 g/mol. The van der Waals surface area contributed by atoms with Crippen molar-refractivity contribution >= 4 is 5.69 Å². The van der Waals surface area contributed by atoms with Crippen molar-refractivity contribution in [2.24, 2.45) is 0 Å². The summed E-state index contributed by atoms with van der Waals surface area (Å²) in [4.78, 5) is 6.79. The summed E-state index contributed by atoms with van der Waals surface area (Å²) in [7, 11) is 1.66. The van der Waals surface area contributed by atoms with Crippen LogP contribution in [0.4, 0.5) is 5.69 Å². The van der Waals surface area contributed by atoms with Crippen molar-refractivity contribution in [2.45, 2.75) is 32.4 Å². The zero-order chi connectivity index (χ0) is 14.4. The molecule has 0 spiro atoms. The normalized spacial score (nSPS) is 19.5. The topological polar surface area (TPSA) is 46.6 Å². The van der Waals surface area contributed by atoms with Gasteiger partial charge in [-0.05, 0) is 26.3 Å². The Morgan fingerprint density at radius 1 is 1.40 bits per heavy atom. The van der Waals surface area contributed by atoms with E-state index in [1.54, 1.807) is 7.11 Å². The molecule has 2 heterocycles. The van der Waals surface area contributed by atoms with Gasteiger partial charge in [0.25, 0.3) is 0 Å². The second-order valence-electron chi connectivity index (χ2n) is 5.44. The predicted molar refractivity (Wildman–Crippen MR) is 80.3 cm³/mol. The summed E-state index contributed by atoms with van der Waals surface area (Å²) < 4.78 is 10.4. The number of hydrogen-bond acceptors (Lipinski definition) is 5. The molecule has 1 saturated heterocycles. The highest BCUT2D eigenvalue weighted by atomic mass is 16.5. The van der Waals surface area contributed by atoms with Gasteiger partial charge < -0.3 is 14.8 Å². The number of ether oxygens (including phenoxy) is 2. The molecule has 1 atom stereocenters. The number of hydrogen-bond donors (Lipinski definition) is 1. The Morgan fingerprint density at radius 3 is 2.85 bits per heavy atom. The third-order valence-corrected chi connectivity index (χ3v) is 3.59. The minimum absolute atomic E-state index is 0.513. The van der Waals surface area contributed by atoms with Crippen molar-refractivity contribution in [2.75, 3.05) is 38.7 Å².